The molecule has 4 saturated carbocycles. The van der Waals surface area contributed by atoms with Gasteiger partial charge in [-0.3, -0.25) is 4.79 Å². The lowest BCUT2D eigenvalue weighted by molar-refractivity contribution is -0.242. The number of likely N-dealkylation sites (N-methyl/N-ethyl adjacent to an activating group) is 1. The molecule has 0 saturated heterocycles. The third kappa shape index (κ3) is 4.32. The highest BCUT2D eigenvalue weighted by Crippen LogP contribution is 2.82. The lowest BCUT2D eigenvalue weighted by Gasteiger charge is -2.77. The van der Waals surface area contributed by atoms with Gasteiger partial charge in [-0.25, -0.2) is 0 Å². The molecule has 2 aromatic rings. The van der Waals surface area contributed by atoms with E-state index in [4.69, 9.17) is 4.74 Å². The monoisotopic (exact) mass is 772 g/mol. The van der Waals surface area contributed by atoms with Gasteiger partial charge in [0.15, 0.2) is 0 Å². The molecule has 0 aromatic heterocycles. The van der Waals surface area contributed by atoms with Gasteiger partial charge < -0.3 is 19.8 Å². The second-order valence-corrected chi connectivity index (χ2v) is 20.9. The molecule has 8 aliphatic rings. The molecule has 7 aliphatic carbocycles. The summed E-state index contributed by atoms with van der Waals surface area (Å²) in [5, 5.41) is 25.0. The van der Waals surface area contributed by atoms with E-state index in [0.29, 0.717) is 36.0 Å². The van der Waals surface area contributed by atoms with Crippen LogP contribution in [0.3, 0.4) is 0 Å². The molecule has 5 nitrogen and oxygen atoms in total. The van der Waals surface area contributed by atoms with E-state index in [1.807, 2.05) is 7.11 Å². The third-order valence-corrected chi connectivity index (χ3v) is 19.6. The highest BCUT2D eigenvalue weighted by Gasteiger charge is 2.87. The number of fused-ring (bicyclic) bond motifs is 5. The Morgan fingerprint density at radius 3 is 2.49 bits per heavy atom. The first-order valence-corrected chi connectivity index (χ1v) is 23.2. The fourth-order valence-corrected chi connectivity index (χ4v) is 16.7. The topological polar surface area (TPSA) is 70.0 Å². The van der Waals surface area contributed by atoms with Gasteiger partial charge in [0, 0.05) is 52.9 Å². The molecule has 306 valence electrons. The van der Waals surface area contributed by atoms with E-state index in [-0.39, 0.29) is 22.5 Å². The Kier molecular flexibility index (Phi) is 8.45. The first kappa shape index (κ1) is 38.3. The van der Waals surface area contributed by atoms with Crippen molar-refractivity contribution in [1.82, 2.24) is 0 Å². The number of nitrogens with zero attached hydrogens (tertiary/aromatic N) is 1. The van der Waals surface area contributed by atoms with Crippen molar-refractivity contribution in [1.29, 1.82) is 0 Å². The van der Waals surface area contributed by atoms with Crippen molar-refractivity contribution in [3.05, 3.63) is 76.4 Å². The number of ketones is 1. The van der Waals surface area contributed by atoms with Gasteiger partial charge in [0.1, 0.15) is 11.5 Å². The molecule has 57 heavy (non-hydrogen) atoms. The maximum Gasteiger partial charge on any atom is 0.146 e. The first-order chi connectivity index (χ1) is 27.3. The van der Waals surface area contributed by atoms with Gasteiger partial charge in [0.2, 0.25) is 0 Å². The molecule has 10 rings (SSSR count). The van der Waals surface area contributed by atoms with Gasteiger partial charge in [-0.05, 0) is 147 Å². The molecule has 2 aromatic carbocycles. The Bertz CT molecular complexity index is 2080. The van der Waals surface area contributed by atoms with Crippen LogP contribution in [0.2, 0.25) is 0 Å². The Labute approximate surface area is 342 Å². The summed E-state index contributed by atoms with van der Waals surface area (Å²) >= 11 is 0. The molecule has 12 unspecified atom stereocenters. The van der Waals surface area contributed by atoms with Crippen molar-refractivity contribution in [3.8, 4) is 5.75 Å². The normalized spacial score (nSPS) is 42.3. The largest absolute Gasteiger partial charge is 0.496 e. The zero-order valence-corrected chi connectivity index (χ0v) is 36.2. The molecule has 2 N–H and O–H groups in total. The van der Waals surface area contributed by atoms with E-state index in [9.17, 15) is 15.0 Å². The fourth-order valence-electron chi connectivity index (χ4n) is 16.7. The standard InChI is InChI=1S/C52H69NO4/c1-9-32-20-21-37-35-18-13-14-19-36(35)43-44(37)50(43,29-33(25-32)28-48(56,10-2)11-3)39-26-38-40(27-41(39)57-8)53(7)52-30-42(54)47(52,6)46(55)49(12-4)23-16-15-17-34-31(5)22-24-51(38,52)45(34)49/h13-14,16,18-19,23,26-27,31-34,43,45-46,55-56H,9-12,15,17,20-22,24-25,28-30H2,1-8H3. The number of hydrogen-bond acceptors (Lipinski definition) is 5. The summed E-state index contributed by atoms with van der Waals surface area (Å²) < 4.78 is 6.64. The molecule has 1 heterocycles. The lowest BCUT2D eigenvalue weighted by atomic mass is 9.28. The van der Waals surface area contributed by atoms with E-state index < -0.39 is 28.1 Å². The number of allylic oxidation sites excluding steroid dienone is 3. The van der Waals surface area contributed by atoms with Gasteiger partial charge in [0.25, 0.3) is 0 Å². The van der Waals surface area contributed by atoms with Crippen LogP contribution in [-0.4, -0.2) is 47.4 Å². The minimum Gasteiger partial charge on any atom is -0.496 e. The summed E-state index contributed by atoms with van der Waals surface area (Å²) in [5.41, 5.74) is 7.12. The minimum atomic E-state index is -0.882. The number of methoxy groups -OCH3 is 1. The van der Waals surface area contributed by atoms with Crippen LogP contribution in [0, 0.1) is 40.4 Å². The molecule has 1 aliphatic heterocycles. The summed E-state index contributed by atoms with van der Waals surface area (Å²) in [6.07, 6.45) is 17.8. The maximum atomic E-state index is 14.5. The molecule has 12 atom stereocenters. The van der Waals surface area contributed by atoms with Gasteiger partial charge in [-0.2, -0.15) is 0 Å². The third-order valence-electron chi connectivity index (χ3n) is 19.6. The van der Waals surface area contributed by atoms with Crippen LogP contribution < -0.4 is 9.64 Å². The number of benzene rings is 2. The Morgan fingerprint density at radius 1 is 1.02 bits per heavy atom. The lowest BCUT2D eigenvalue weighted by Crippen LogP contribution is -2.87. The van der Waals surface area contributed by atoms with Crippen molar-refractivity contribution in [2.75, 3.05) is 19.1 Å². The number of Topliss-reactive ketones (excluding diaryl/α,β-unsaturated/α-hetero) is 1. The number of carbonyl (C=O) groups excluding carboxylic acids is 1. The first-order valence-electron chi connectivity index (χ1n) is 23.2. The van der Waals surface area contributed by atoms with E-state index in [1.54, 1.807) is 11.1 Å². The molecule has 4 fully saturated rings. The number of rotatable bonds is 8. The molecular weight excluding hydrogens is 703 g/mol. The van der Waals surface area contributed by atoms with Crippen LogP contribution in [-0.2, 0) is 15.6 Å². The predicted octanol–water partition coefficient (Wildman–Crippen LogP) is 10.8. The fraction of sp³-hybridized carbons (Fsp3) is 0.673. The minimum absolute atomic E-state index is 0.204. The van der Waals surface area contributed by atoms with Gasteiger partial charge in [-0.15, -0.1) is 0 Å². The van der Waals surface area contributed by atoms with E-state index in [1.165, 1.54) is 40.8 Å². The summed E-state index contributed by atoms with van der Waals surface area (Å²) in [5.74, 6) is 3.78. The number of aliphatic hydroxyl groups is 2. The number of aliphatic hydroxyl groups excluding tert-OH is 1. The van der Waals surface area contributed by atoms with E-state index in [0.717, 1.165) is 76.4 Å². The highest BCUT2D eigenvalue weighted by molar-refractivity contribution is 6.00. The summed E-state index contributed by atoms with van der Waals surface area (Å²) in [6, 6.07) is 14.3. The SMILES string of the molecule is CCC1CCC2=C3C(c4ccccc42)C3(c2cc3c(cc2OC)N(C)C24CC(=O)C2(C)C(O)C2(CC)C=CCCC5C(C)CCC34C52)CC(CC(O)(CC)CC)C1. The second-order valence-electron chi connectivity index (χ2n) is 20.9. The van der Waals surface area contributed by atoms with Crippen molar-refractivity contribution >= 4 is 17.0 Å². The van der Waals surface area contributed by atoms with Crippen molar-refractivity contribution in [2.45, 2.75) is 165 Å². The predicted molar refractivity (Wildman–Crippen MR) is 230 cm³/mol. The van der Waals surface area contributed by atoms with E-state index in [2.05, 4.69) is 102 Å². The van der Waals surface area contributed by atoms with Crippen molar-refractivity contribution in [3.63, 3.8) is 0 Å². The molecule has 5 heteroatoms. The van der Waals surface area contributed by atoms with Crippen LogP contribution in [0.5, 0.6) is 5.75 Å². The average molecular weight is 772 g/mol. The van der Waals surface area contributed by atoms with Crippen LogP contribution in [0.15, 0.2) is 54.1 Å². The molecule has 2 spiro atoms. The number of hydrogen-bond donors (Lipinski definition) is 2. The summed E-state index contributed by atoms with van der Waals surface area (Å²) in [7, 11) is 4.12. The van der Waals surface area contributed by atoms with Crippen LogP contribution >= 0.6 is 0 Å². The second kappa shape index (κ2) is 12.6. The quantitative estimate of drug-likeness (QED) is 0.262. The van der Waals surface area contributed by atoms with Crippen molar-refractivity contribution < 1.29 is 19.7 Å². The maximum absolute atomic E-state index is 14.5. The van der Waals surface area contributed by atoms with Crippen molar-refractivity contribution in [2.24, 2.45) is 40.4 Å². The Balaban J connectivity index is 1.24. The van der Waals surface area contributed by atoms with Gasteiger partial charge in [0.05, 0.1) is 29.8 Å². The van der Waals surface area contributed by atoms with Crippen LogP contribution in [0.1, 0.15) is 160 Å². The van der Waals surface area contributed by atoms with Crippen LogP contribution in [0.4, 0.5) is 5.69 Å². The highest BCUT2D eigenvalue weighted by atomic mass is 16.5. The number of anilines is 1. The smallest absolute Gasteiger partial charge is 0.146 e. The van der Waals surface area contributed by atoms with E-state index >= 15 is 0 Å². The Hall–Kier alpha value is -2.89. The summed E-state index contributed by atoms with van der Waals surface area (Å²) in [6.45, 7) is 13.6. The Morgan fingerprint density at radius 2 is 1.79 bits per heavy atom. The van der Waals surface area contributed by atoms with Gasteiger partial charge >= 0.3 is 0 Å². The zero-order valence-electron chi connectivity index (χ0n) is 36.2. The number of carbonyl (C=O) groups is 1. The summed E-state index contributed by atoms with van der Waals surface area (Å²) in [4.78, 5) is 17.0. The average Bonchev–Trinajstić information content (AvgIpc) is 3.74. The zero-order chi connectivity index (χ0) is 40.1. The molecule has 0 amide bonds. The molecule has 0 radical (unpaired) electrons. The molecule has 0 bridgehead atoms. The molecular formula is C52H69NO4. The number of ether oxygens (including phenoxy) is 1. The van der Waals surface area contributed by atoms with Gasteiger partial charge in [-0.1, -0.05) is 77.5 Å². The van der Waals surface area contributed by atoms with Crippen LogP contribution in [0.25, 0.3) is 5.57 Å².